The van der Waals surface area contributed by atoms with Crippen LogP contribution in [0.5, 0.6) is 0 Å². The van der Waals surface area contributed by atoms with E-state index in [0.717, 1.165) is 13.1 Å². The van der Waals surface area contributed by atoms with Crippen LogP contribution in [0.25, 0.3) is 0 Å². The second kappa shape index (κ2) is 4.69. The Kier molecular flexibility index (Phi) is 3.49. The molecule has 0 atom stereocenters. The molecule has 78 valence electrons. The number of aromatic amines is 1. The molecule has 0 aliphatic heterocycles. The molecule has 0 radical (unpaired) electrons. The highest BCUT2D eigenvalue weighted by Crippen LogP contribution is 2.31. The molecule has 0 saturated carbocycles. The molecule has 4 nitrogen and oxygen atoms in total. The standard InChI is InChI=1S/C7H4Br2N4S2/c8-5-1-4(15-6(5)9)2-11-13-3-10-12-7(13)14/h1-3H,(H,12,14)/b11-2-. The first-order valence-corrected chi connectivity index (χ1v) is 6.59. The van der Waals surface area contributed by atoms with E-state index < -0.39 is 0 Å². The van der Waals surface area contributed by atoms with Gasteiger partial charge in [0.05, 0.1) is 10.0 Å². The van der Waals surface area contributed by atoms with Crippen molar-refractivity contribution < 1.29 is 0 Å². The number of aromatic nitrogens is 3. The van der Waals surface area contributed by atoms with Gasteiger partial charge < -0.3 is 0 Å². The van der Waals surface area contributed by atoms with Crippen LogP contribution < -0.4 is 0 Å². The summed E-state index contributed by atoms with van der Waals surface area (Å²) in [7, 11) is 0. The number of nitrogens with zero attached hydrogens (tertiary/aromatic N) is 3. The van der Waals surface area contributed by atoms with Gasteiger partial charge >= 0.3 is 0 Å². The zero-order valence-electron chi connectivity index (χ0n) is 7.15. The van der Waals surface area contributed by atoms with Crippen molar-refractivity contribution in [1.29, 1.82) is 0 Å². The molecule has 8 heteroatoms. The van der Waals surface area contributed by atoms with E-state index in [-0.39, 0.29) is 0 Å². The Labute approximate surface area is 111 Å². The summed E-state index contributed by atoms with van der Waals surface area (Å²) in [6.45, 7) is 0. The average Bonchev–Trinajstić information content (AvgIpc) is 2.72. The van der Waals surface area contributed by atoms with Gasteiger partial charge in [-0.3, -0.25) is 5.10 Å². The number of rotatable bonds is 2. The first kappa shape index (κ1) is 11.2. The van der Waals surface area contributed by atoms with Crippen molar-refractivity contribution in [3.63, 3.8) is 0 Å². The summed E-state index contributed by atoms with van der Waals surface area (Å²) in [6, 6.07) is 1.97. The second-order valence-electron chi connectivity index (χ2n) is 2.52. The molecule has 2 aromatic heterocycles. The van der Waals surface area contributed by atoms with Crippen molar-refractivity contribution >= 4 is 61.6 Å². The Morgan fingerprint density at radius 1 is 1.60 bits per heavy atom. The van der Waals surface area contributed by atoms with Crippen LogP contribution in [-0.4, -0.2) is 21.1 Å². The van der Waals surface area contributed by atoms with Crippen LogP contribution in [0.15, 0.2) is 25.8 Å². The normalized spacial score (nSPS) is 11.3. The fraction of sp³-hybridized carbons (Fsp3) is 0. The lowest BCUT2D eigenvalue weighted by Crippen LogP contribution is -1.86. The predicted molar refractivity (Wildman–Crippen MR) is 70.1 cm³/mol. The summed E-state index contributed by atoms with van der Waals surface area (Å²) in [5.74, 6) is 0. The number of H-pyrrole nitrogens is 1. The van der Waals surface area contributed by atoms with Crippen LogP contribution in [0.1, 0.15) is 4.88 Å². The predicted octanol–water partition coefficient (Wildman–Crippen LogP) is 3.41. The van der Waals surface area contributed by atoms with Crippen LogP contribution in [0.4, 0.5) is 0 Å². The Hall–Kier alpha value is -0.310. The van der Waals surface area contributed by atoms with Gasteiger partial charge in [0.2, 0.25) is 4.77 Å². The Morgan fingerprint density at radius 3 is 2.93 bits per heavy atom. The van der Waals surface area contributed by atoms with Gasteiger partial charge in [0.1, 0.15) is 6.33 Å². The molecular weight excluding hydrogens is 364 g/mol. The van der Waals surface area contributed by atoms with E-state index in [4.69, 9.17) is 12.2 Å². The molecule has 2 aromatic rings. The van der Waals surface area contributed by atoms with E-state index >= 15 is 0 Å². The number of nitrogens with one attached hydrogen (secondary N) is 1. The Morgan fingerprint density at radius 2 is 2.40 bits per heavy atom. The minimum atomic E-state index is 0.473. The lowest BCUT2D eigenvalue weighted by atomic mass is 10.5. The van der Waals surface area contributed by atoms with E-state index in [0.29, 0.717) is 4.77 Å². The van der Waals surface area contributed by atoms with Crippen molar-refractivity contribution in [2.45, 2.75) is 0 Å². The van der Waals surface area contributed by atoms with Gasteiger partial charge in [-0.25, -0.2) is 0 Å². The van der Waals surface area contributed by atoms with Crippen molar-refractivity contribution in [3.05, 3.63) is 30.3 Å². The van der Waals surface area contributed by atoms with Gasteiger partial charge in [-0.1, -0.05) is 0 Å². The molecule has 2 rings (SSSR count). The number of hydrogen-bond acceptors (Lipinski definition) is 4. The van der Waals surface area contributed by atoms with Crippen molar-refractivity contribution in [1.82, 2.24) is 14.9 Å². The largest absolute Gasteiger partial charge is 0.250 e. The first-order valence-electron chi connectivity index (χ1n) is 3.78. The maximum Gasteiger partial charge on any atom is 0.216 e. The van der Waals surface area contributed by atoms with E-state index in [2.05, 4.69) is 47.2 Å². The molecule has 0 aromatic carbocycles. The van der Waals surface area contributed by atoms with Gasteiger partial charge in [0.25, 0.3) is 0 Å². The number of hydrogen-bond donors (Lipinski definition) is 1. The minimum Gasteiger partial charge on any atom is -0.250 e. The van der Waals surface area contributed by atoms with Crippen molar-refractivity contribution in [3.8, 4) is 0 Å². The molecule has 1 N–H and O–H groups in total. The Bertz CT molecular complexity index is 534. The lowest BCUT2D eigenvalue weighted by molar-refractivity contribution is 0.863. The second-order valence-corrected chi connectivity index (χ2v) is 6.16. The molecule has 0 amide bonds. The highest BCUT2D eigenvalue weighted by molar-refractivity contribution is 9.13. The Balaban J connectivity index is 2.26. The van der Waals surface area contributed by atoms with Crippen LogP contribution in [-0.2, 0) is 0 Å². The maximum atomic E-state index is 4.95. The van der Waals surface area contributed by atoms with Crippen LogP contribution in [0, 0.1) is 4.77 Å². The maximum absolute atomic E-state index is 4.95. The van der Waals surface area contributed by atoms with Gasteiger partial charge in [0, 0.05) is 9.35 Å². The minimum absolute atomic E-state index is 0.473. The monoisotopic (exact) mass is 366 g/mol. The smallest absolute Gasteiger partial charge is 0.216 e. The number of thiophene rings is 1. The molecule has 0 aliphatic rings. The van der Waals surface area contributed by atoms with Crippen LogP contribution in [0.2, 0.25) is 0 Å². The quantitative estimate of drug-likeness (QED) is 0.653. The average molecular weight is 368 g/mol. The van der Waals surface area contributed by atoms with Gasteiger partial charge in [-0.15, -0.1) is 11.3 Å². The fourth-order valence-electron chi connectivity index (χ4n) is 0.871. The lowest BCUT2D eigenvalue weighted by Gasteiger charge is -1.87. The SMILES string of the molecule is S=c1[nH]ncn1/N=C\c1cc(Br)c(Br)s1. The van der Waals surface area contributed by atoms with Gasteiger partial charge in [-0.05, 0) is 50.1 Å². The molecule has 0 spiro atoms. The molecule has 0 saturated heterocycles. The van der Waals surface area contributed by atoms with Gasteiger partial charge in [-0.2, -0.15) is 14.9 Å². The number of halogens is 2. The molecular formula is C7H4Br2N4S2. The molecule has 0 bridgehead atoms. The van der Waals surface area contributed by atoms with E-state index in [9.17, 15) is 0 Å². The molecule has 0 aliphatic carbocycles. The van der Waals surface area contributed by atoms with E-state index in [1.807, 2.05) is 6.07 Å². The van der Waals surface area contributed by atoms with Gasteiger partial charge in [0.15, 0.2) is 0 Å². The first-order chi connectivity index (χ1) is 7.16. The molecule has 0 unspecified atom stereocenters. The summed E-state index contributed by atoms with van der Waals surface area (Å²) >= 11 is 13.4. The summed E-state index contributed by atoms with van der Waals surface area (Å²) in [4.78, 5) is 1.02. The summed E-state index contributed by atoms with van der Waals surface area (Å²) < 4.78 is 4.03. The molecule has 0 fully saturated rings. The summed E-state index contributed by atoms with van der Waals surface area (Å²) in [5, 5.41) is 10.5. The highest BCUT2D eigenvalue weighted by atomic mass is 79.9. The van der Waals surface area contributed by atoms with Crippen molar-refractivity contribution in [2.24, 2.45) is 5.10 Å². The summed E-state index contributed by atoms with van der Waals surface area (Å²) in [5.41, 5.74) is 0. The fourth-order valence-corrected chi connectivity index (χ4v) is 2.97. The third-order valence-electron chi connectivity index (χ3n) is 1.51. The van der Waals surface area contributed by atoms with E-state index in [1.54, 1.807) is 17.6 Å². The molecule has 15 heavy (non-hydrogen) atoms. The summed E-state index contributed by atoms with van der Waals surface area (Å²) in [6.07, 6.45) is 3.25. The van der Waals surface area contributed by atoms with Crippen LogP contribution in [0.3, 0.4) is 0 Å². The third kappa shape index (κ3) is 2.63. The zero-order chi connectivity index (χ0) is 10.8. The zero-order valence-corrected chi connectivity index (χ0v) is 12.0. The van der Waals surface area contributed by atoms with E-state index in [1.165, 1.54) is 11.0 Å². The molecule has 2 heterocycles. The van der Waals surface area contributed by atoms with Crippen molar-refractivity contribution in [2.75, 3.05) is 0 Å². The third-order valence-corrected chi connectivity index (χ3v) is 4.98. The highest BCUT2D eigenvalue weighted by Gasteiger charge is 2.01. The topological polar surface area (TPSA) is 46.0 Å². The van der Waals surface area contributed by atoms with Crippen LogP contribution >= 0.6 is 55.4 Å².